The molecule has 10 nitrogen and oxygen atoms in total. The lowest BCUT2D eigenvalue weighted by Gasteiger charge is -2.16. The Kier molecular flexibility index (Phi) is 5.68. The number of nitro groups is 1. The Morgan fingerprint density at radius 3 is 2.54 bits per heavy atom. The van der Waals surface area contributed by atoms with Crippen molar-refractivity contribution in [1.29, 1.82) is 0 Å². The second-order valence-corrected chi connectivity index (χ2v) is 5.90. The summed E-state index contributed by atoms with van der Waals surface area (Å²) in [6, 6.07) is 8.74. The number of hydrogen-bond donors (Lipinski definition) is 0. The molecule has 0 saturated carbocycles. The van der Waals surface area contributed by atoms with E-state index in [1.165, 1.54) is 24.2 Å². The van der Waals surface area contributed by atoms with E-state index in [9.17, 15) is 10.1 Å². The van der Waals surface area contributed by atoms with E-state index in [-0.39, 0.29) is 18.3 Å². The first-order valence-electron chi connectivity index (χ1n) is 8.37. The summed E-state index contributed by atoms with van der Waals surface area (Å²) in [7, 11) is 3.08. The zero-order valence-electron chi connectivity index (χ0n) is 15.6. The van der Waals surface area contributed by atoms with Gasteiger partial charge in [0.15, 0.2) is 0 Å². The highest BCUT2D eigenvalue weighted by Crippen LogP contribution is 2.29. The molecule has 3 rings (SSSR count). The molecule has 1 atom stereocenters. The van der Waals surface area contributed by atoms with Gasteiger partial charge in [-0.15, -0.1) is 10.2 Å². The van der Waals surface area contributed by atoms with Gasteiger partial charge in [-0.05, 0) is 24.6 Å². The quantitative estimate of drug-likeness (QED) is 0.429. The number of benzene rings is 1. The van der Waals surface area contributed by atoms with E-state index in [4.69, 9.17) is 14.2 Å². The van der Waals surface area contributed by atoms with Crippen molar-refractivity contribution < 1.29 is 19.1 Å². The molecule has 2 heterocycles. The van der Waals surface area contributed by atoms with Crippen LogP contribution in [0.25, 0.3) is 0 Å². The van der Waals surface area contributed by atoms with Crippen LogP contribution in [0.2, 0.25) is 0 Å². The lowest BCUT2D eigenvalue weighted by Crippen LogP contribution is -2.12. The molecular formula is C18H19N5O5. The van der Waals surface area contributed by atoms with Gasteiger partial charge in [-0.3, -0.25) is 14.8 Å². The van der Waals surface area contributed by atoms with Crippen molar-refractivity contribution in [3.05, 3.63) is 64.0 Å². The molecule has 0 amide bonds. The van der Waals surface area contributed by atoms with Crippen molar-refractivity contribution in [2.45, 2.75) is 19.6 Å². The van der Waals surface area contributed by atoms with Gasteiger partial charge in [0.2, 0.25) is 11.8 Å². The van der Waals surface area contributed by atoms with Gasteiger partial charge < -0.3 is 14.2 Å². The summed E-state index contributed by atoms with van der Waals surface area (Å²) in [6.07, 6.45) is 2.55. The highest BCUT2D eigenvalue weighted by molar-refractivity contribution is 5.34. The monoisotopic (exact) mass is 385 g/mol. The molecule has 0 fully saturated rings. The summed E-state index contributed by atoms with van der Waals surface area (Å²) >= 11 is 0. The highest BCUT2D eigenvalue weighted by Gasteiger charge is 2.20. The third kappa shape index (κ3) is 4.17. The SMILES string of the molecule is COc1ccc(COc2nnc(OC)cc2C(C)n2cc([N+](=O)[O-])cn2)cc1. The molecule has 0 saturated heterocycles. The average molecular weight is 385 g/mol. The van der Waals surface area contributed by atoms with Gasteiger partial charge in [0.25, 0.3) is 0 Å². The largest absolute Gasteiger partial charge is 0.497 e. The molecule has 1 aromatic carbocycles. The van der Waals surface area contributed by atoms with Crippen LogP contribution in [0.4, 0.5) is 5.69 Å². The van der Waals surface area contributed by atoms with Crippen LogP contribution in [0.5, 0.6) is 17.5 Å². The molecular weight excluding hydrogens is 366 g/mol. The van der Waals surface area contributed by atoms with E-state index in [1.807, 2.05) is 31.2 Å². The van der Waals surface area contributed by atoms with E-state index >= 15 is 0 Å². The summed E-state index contributed by atoms with van der Waals surface area (Å²) < 4.78 is 17.6. The zero-order valence-corrected chi connectivity index (χ0v) is 15.6. The summed E-state index contributed by atoms with van der Waals surface area (Å²) in [4.78, 5) is 10.4. The Balaban J connectivity index is 1.84. The standard InChI is InChI=1S/C18H19N5O5/c1-12(22-10-14(9-19-22)23(24)25)16-8-17(27-3)20-21-18(16)28-11-13-4-6-15(26-2)7-5-13/h4-10,12H,11H2,1-3H3. The number of rotatable bonds is 8. The maximum Gasteiger partial charge on any atom is 0.307 e. The molecule has 0 aliphatic rings. The average Bonchev–Trinajstić information content (AvgIpc) is 3.22. The van der Waals surface area contributed by atoms with Crippen LogP contribution in [0.1, 0.15) is 24.1 Å². The van der Waals surface area contributed by atoms with Crippen molar-refractivity contribution >= 4 is 5.69 Å². The Morgan fingerprint density at radius 1 is 1.18 bits per heavy atom. The smallest absolute Gasteiger partial charge is 0.307 e. The number of hydrogen-bond acceptors (Lipinski definition) is 8. The van der Waals surface area contributed by atoms with Crippen molar-refractivity contribution in [1.82, 2.24) is 20.0 Å². The predicted octanol–water partition coefficient (Wildman–Crippen LogP) is 2.79. The van der Waals surface area contributed by atoms with Gasteiger partial charge in [0, 0.05) is 11.6 Å². The van der Waals surface area contributed by atoms with Crippen LogP contribution in [0.15, 0.2) is 42.7 Å². The van der Waals surface area contributed by atoms with Crippen LogP contribution in [-0.4, -0.2) is 39.1 Å². The fraction of sp³-hybridized carbons (Fsp3) is 0.278. The molecule has 10 heteroatoms. The van der Waals surface area contributed by atoms with Gasteiger partial charge >= 0.3 is 5.69 Å². The molecule has 0 aliphatic carbocycles. The molecule has 28 heavy (non-hydrogen) atoms. The van der Waals surface area contributed by atoms with Gasteiger partial charge in [-0.2, -0.15) is 5.10 Å². The van der Waals surface area contributed by atoms with Gasteiger partial charge in [0.1, 0.15) is 24.8 Å². The van der Waals surface area contributed by atoms with Crippen LogP contribution in [0, 0.1) is 10.1 Å². The highest BCUT2D eigenvalue weighted by atomic mass is 16.6. The predicted molar refractivity (Wildman–Crippen MR) is 98.6 cm³/mol. The number of nitrogens with zero attached hydrogens (tertiary/aromatic N) is 5. The number of aromatic nitrogens is 4. The summed E-state index contributed by atoms with van der Waals surface area (Å²) in [5.41, 5.74) is 1.46. The first kappa shape index (κ1) is 19.1. The Hall–Kier alpha value is -3.69. The van der Waals surface area contributed by atoms with E-state index in [0.29, 0.717) is 17.3 Å². The molecule has 0 N–H and O–H groups in total. The van der Waals surface area contributed by atoms with E-state index in [1.54, 1.807) is 13.2 Å². The molecule has 0 aliphatic heterocycles. The Bertz CT molecular complexity index is 957. The maximum atomic E-state index is 10.9. The van der Waals surface area contributed by atoms with E-state index in [2.05, 4.69) is 15.3 Å². The van der Waals surface area contributed by atoms with Crippen molar-refractivity contribution in [2.75, 3.05) is 14.2 Å². The Labute approximate surface area is 160 Å². The minimum Gasteiger partial charge on any atom is -0.497 e. The van der Waals surface area contributed by atoms with Crippen LogP contribution < -0.4 is 14.2 Å². The topological polar surface area (TPSA) is 114 Å². The molecule has 0 radical (unpaired) electrons. The minimum absolute atomic E-state index is 0.0958. The fourth-order valence-corrected chi connectivity index (χ4v) is 2.54. The third-order valence-corrected chi connectivity index (χ3v) is 4.15. The summed E-state index contributed by atoms with van der Waals surface area (Å²) in [5.74, 6) is 1.35. The third-order valence-electron chi connectivity index (χ3n) is 4.15. The first-order chi connectivity index (χ1) is 13.5. The van der Waals surface area contributed by atoms with E-state index in [0.717, 1.165) is 11.3 Å². The zero-order chi connectivity index (χ0) is 20.1. The molecule has 146 valence electrons. The normalized spacial score (nSPS) is 11.7. The lowest BCUT2D eigenvalue weighted by atomic mass is 10.1. The summed E-state index contributed by atoms with van der Waals surface area (Å²) in [5, 5.41) is 23.0. The van der Waals surface area contributed by atoms with Crippen molar-refractivity contribution in [3.8, 4) is 17.5 Å². The number of ether oxygens (including phenoxy) is 3. The molecule has 3 aromatic rings. The lowest BCUT2D eigenvalue weighted by molar-refractivity contribution is -0.385. The van der Waals surface area contributed by atoms with Gasteiger partial charge in [-0.25, -0.2) is 0 Å². The van der Waals surface area contributed by atoms with E-state index < -0.39 is 4.92 Å². The second kappa shape index (κ2) is 8.33. The number of methoxy groups -OCH3 is 2. The molecule has 2 aromatic heterocycles. The van der Waals surface area contributed by atoms with Gasteiger partial charge in [0.05, 0.1) is 25.2 Å². The molecule has 0 bridgehead atoms. The molecule has 0 spiro atoms. The first-order valence-corrected chi connectivity index (χ1v) is 8.37. The molecule has 1 unspecified atom stereocenters. The maximum absolute atomic E-state index is 10.9. The van der Waals surface area contributed by atoms with Crippen LogP contribution >= 0.6 is 0 Å². The minimum atomic E-state index is -0.497. The summed E-state index contributed by atoms with van der Waals surface area (Å²) in [6.45, 7) is 2.09. The van der Waals surface area contributed by atoms with Crippen molar-refractivity contribution in [3.63, 3.8) is 0 Å². The van der Waals surface area contributed by atoms with Crippen LogP contribution in [0.3, 0.4) is 0 Å². The Morgan fingerprint density at radius 2 is 1.93 bits per heavy atom. The second-order valence-electron chi connectivity index (χ2n) is 5.90. The fourth-order valence-electron chi connectivity index (χ4n) is 2.54. The van der Waals surface area contributed by atoms with Crippen molar-refractivity contribution in [2.24, 2.45) is 0 Å². The van der Waals surface area contributed by atoms with Gasteiger partial charge in [-0.1, -0.05) is 12.1 Å². The van der Waals surface area contributed by atoms with Crippen LogP contribution in [-0.2, 0) is 6.61 Å².